The lowest BCUT2D eigenvalue weighted by molar-refractivity contribution is 0.429. The van der Waals surface area contributed by atoms with Crippen molar-refractivity contribution < 1.29 is 9.13 Å². The molecule has 0 bridgehead atoms. The maximum Gasteiger partial charge on any atom is 0.220 e. The van der Waals surface area contributed by atoms with Crippen LogP contribution in [0.5, 0.6) is 11.6 Å². The summed E-state index contributed by atoms with van der Waals surface area (Å²) < 4.78 is 19.2. The number of rotatable bonds is 3. The van der Waals surface area contributed by atoms with E-state index < -0.39 is 5.82 Å². The molecule has 104 valence electrons. The van der Waals surface area contributed by atoms with Gasteiger partial charge in [0.25, 0.3) is 0 Å². The summed E-state index contributed by atoms with van der Waals surface area (Å²) in [6.07, 6.45) is 0. The molecule has 2 N–H and O–H groups in total. The molecule has 0 radical (unpaired) electrons. The molecule has 0 atom stereocenters. The molecular weight excluding hydrogens is 287 g/mol. The number of ether oxygens (including phenoxy) is 1. The van der Waals surface area contributed by atoms with Crippen molar-refractivity contribution in [2.45, 2.75) is 0 Å². The van der Waals surface area contributed by atoms with Crippen LogP contribution in [0, 0.1) is 5.82 Å². The Morgan fingerprint density at radius 2 is 1.81 bits per heavy atom. The molecule has 0 saturated carbocycles. The van der Waals surface area contributed by atoms with Crippen LogP contribution >= 0.6 is 12.2 Å². The number of thiocarbonyl (C=S) groups is 1. The number of hydrogen-bond donors (Lipinski definition) is 1. The van der Waals surface area contributed by atoms with Gasteiger partial charge in [-0.05, 0) is 18.2 Å². The standard InChI is InChI=1S/C16H11FN2OS/c17-12-6-2-4-8-14(12)20-15-9-11(16(18)21)10-5-1-3-7-13(10)19-15/h1-9H,(H2,18,21). The van der Waals surface area contributed by atoms with Gasteiger partial charge in [0.2, 0.25) is 5.88 Å². The molecular formula is C16H11FN2OS. The number of nitrogens with zero attached hydrogens (tertiary/aromatic N) is 1. The van der Waals surface area contributed by atoms with Crippen LogP contribution in [0.25, 0.3) is 10.9 Å². The lowest BCUT2D eigenvalue weighted by atomic mass is 10.1. The van der Waals surface area contributed by atoms with E-state index in [1.165, 1.54) is 12.1 Å². The second-order valence-corrected chi connectivity index (χ2v) is 4.86. The maximum absolute atomic E-state index is 13.6. The Morgan fingerprint density at radius 3 is 2.57 bits per heavy atom. The minimum atomic E-state index is -0.454. The van der Waals surface area contributed by atoms with Crippen molar-refractivity contribution in [1.29, 1.82) is 0 Å². The van der Waals surface area contributed by atoms with Gasteiger partial charge in [-0.15, -0.1) is 0 Å². The Labute approximate surface area is 126 Å². The van der Waals surface area contributed by atoms with E-state index in [2.05, 4.69) is 4.98 Å². The minimum Gasteiger partial charge on any atom is -0.436 e. The third-order valence-electron chi connectivity index (χ3n) is 3.01. The first kappa shape index (κ1) is 13.5. The van der Waals surface area contributed by atoms with Crippen LogP contribution in [0.15, 0.2) is 54.6 Å². The summed E-state index contributed by atoms with van der Waals surface area (Å²) in [5.41, 5.74) is 7.09. The minimum absolute atomic E-state index is 0.106. The topological polar surface area (TPSA) is 48.1 Å². The third-order valence-corrected chi connectivity index (χ3v) is 3.23. The molecule has 0 unspecified atom stereocenters. The average molecular weight is 298 g/mol. The normalized spacial score (nSPS) is 10.5. The lowest BCUT2D eigenvalue weighted by Gasteiger charge is -2.10. The summed E-state index contributed by atoms with van der Waals surface area (Å²) in [4.78, 5) is 4.59. The largest absolute Gasteiger partial charge is 0.436 e. The molecule has 1 heterocycles. The summed E-state index contributed by atoms with van der Waals surface area (Å²) in [6, 6.07) is 15.2. The summed E-state index contributed by atoms with van der Waals surface area (Å²) in [7, 11) is 0. The van der Waals surface area contributed by atoms with E-state index in [0.717, 1.165) is 5.39 Å². The van der Waals surface area contributed by atoms with E-state index in [4.69, 9.17) is 22.7 Å². The van der Waals surface area contributed by atoms with Gasteiger partial charge in [-0.3, -0.25) is 0 Å². The molecule has 0 amide bonds. The quantitative estimate of drug-likeness (QED) is 0.747. The van der Waals surface area contributed by atoms with Crippen molar-refractivity contribution in [2.24, 2.45) is 5.73 Å². The van der Waals surface area contributed by atoms with Crippen molar-refractivity contribution in [1.82, 2.24) is 4.98 Å². The lowest BCUT2D eigenvalue weighted by Crippen LogP contribution is -2.10. The van der Waals surface area contributed by atoms with Gasteiger partial charge < -0.3 is 10.5 Å². The number of hydrogen-bond acceptors (Lipinski definition) is 3. The van der Waals surface area contributed by atoms with Gasteiger partial charge in [0.05, 0.1) is 5.52 Å². The molecule has 0 aliphatic carbocycles. The van der Waals surface area contributed by atoms with Gasteiger partial charge in [-0.2, -0.15) is 0 Å². The highest BCUT2D eigenvalue weighted by atomic mass is 32.1. The second-order valence-electron chi connectivity index (χ2n) is 4.42. The smallest absolute Gasteiger partial charge is 0.220 e. The van der Waals surface area contributed by atoms with Crippen LogP contribution in [-0.2, 0) is 0 Å². The summed E-state index contributed by atoms with van der Waals surface area (Å²) in [5.74, 6) is -0.0971. The fraction of sp³-hybridized carbons (Fsp3) is 0. The maximum atomic E-state index is 13.6. The molecule has 2 aromatic carbocycles. The number of benzene rings is 2. The summed E-state index contributed by atoms with van der Waals surface area (Å²) in [6.45, 7) is 0. The zero-order valence-corrected chi connectivity index (χ0v) is 11.7. The summed E-state index contributed by atoms with van der Waals surface area (Å²) in [5, 5.41) is 0.839. The van der Waals surface area contributed by atoms with Crippen molar-refractivity contribution in [3.05, 3.63) is 66.0 Å². The predicted octanol–water partition coefficient (Wildman–Crippen LogP) is 3.80. The van der Waals surface area contributed by atoms with Crippen LogP contribution in [0.1, 0.15) is 5.56 Å². The molecule has 3 rings (SSSR count). The molecule has 0 aliphatic heterocycles. The van der Waals surface area contributed by atoms with Crippen LogP contribution in [-0.4, -0.2) is 9.97 Å². The fourth-order valence-corrected chi connectivity index (χ4v) is 2.22. The van der Waals surface area contributed by atoms with Gasteiger partial charge in [0, 0.05) is 17.0 Å². The monoisotopic (exact) mass is 298 g/mol. The van der Waals surface area contributed by atoms with E-state index in [-0.39, 0.29) is 16.6 Å². The molecule has 0 aliphatic rings. The number of nitrogens with two attached hydrogens (primary N) is 1. The molecule has 21 heavy (non-hydrogen) atoms. The van der Waals surface area contributed by atoms with Gasteiger partial charge in [0.15, 0.2) is 11.6 Å². The SMILES string of the molecule is NC(=S)c1cc(Oc2ccccc2F)nc2ccccc12. The van der Waals surface area contributed by atoms with E-state index in [9.17, 15) is 4.39 Å². The Morgan fingerprint density at radius 1 is 1.10 bits per heavy atom. The highest BCUT2D eigenvalue weighted by molar-refractivity contribution is 7.80. The van der Waals surface area contributed by atoms with E-state index >= 15 is 0 Å². The molecule has 3 nitrogen and oxygen atoms in total. The zero-order chi connectivity index (χ0) is 14.8. The number of aromatic nitrogens is 1. The first-order valence-electron chi connectivity index (χ1n) is 6.27. The molecule has 0 spiro atoms. The van der Waals surface area contributed by atoms with Gasteiger partial charge in [-0.25, -0.2) is 9.37 Å². The van der Waals surface area contributed by atoms with E-state index in [0.29, 0.717) is 11.1 Å². The molecule has 0 saturated heterocycles. The van der Waals surface area contributed by atoms with Crippen molar-refractivity contribution in [3.63, 3.8) is 0 Å². The fourth-order valence-electron chi connectivity index (χ4n) is 2.05. The third kappa shape index (κ3) is 2.68. The van der Waals surface area contributed by atoms with E-state index in [1.54, 1.807) is 18.2 Å². The van der Waals surface area contributed by atoms with Crippen molar-refractivity contribution in [2.75, 3.05) is 0 Å². The number of para-hydroxylation sites is 2. The highest BCUT2D eigenvalue weighted by Gasteiger charge is 2.10. The van der Waals surface area contributed by atoms with Gasteiger partial charge >= 0.3 is 0 Å². The first-order chi connectivity index (χ1) is 10.1. The number of pyridine rings is 1. The molecule has 3 aromatic rings. The van der Waals surface area contributed by atoms with Crippen LogP contribution in [0.3, 0.4) is 0 Å². The molecule has 5 heteroatoms. The Balaban J connectivity index is 2.11. The number of halogens is 1. The molecule has 1 aromatic heterocycles. The van der Waals surface area contributed by atoms with Crippen molar-refractivity contribution in [3.8, 4) is 11.6 Å². The predicted molar refractivity (Wildman–Crippen MR) is 84.1 cm³/mol. The number of fused-ring (bicyclic) bond motifs is 1. The van der Waals surface area contributed by atoms with Crippen LogP contribution < -0.4 is 10.5 Å². The van der Waals surface area contributed by atoms with Crippen LogP contribution in [0.4, 0.5) is 4.39 Å². The Kier molecular flexibility index (Phi) is 3.50. The zero-order valence-electron chi connectivity index (χ0n) is 10.9. The first-order valence-corrected chi connectivity index (χ1v) is 6.68. The van der Waals surface area contributed by atoms with Crippen molar-refractivity contribution >= 4 is 28.1 Å². The Bertz CT molecular complexity index is 835. The van der Waals surface area contributed by atoms with Gasteiger partial charge in [0.1, 0.15) is 4.99 Å². The second kappa shape index (κ2) is 5.46. The molecule has 0 fully saturated rings. The summed E-state index contributed by atoms with van der Waals surface area (Å²) >= 11 is 5.06. The average Bonchev–Trinajstić information content (AvgIpc) is 2.48. The van der Waals surface area contributed by atoms with Gasteiger partial charge in [-0.1, -0.05) is 42.5 Å². The van der Waals surface area contributed by atoms with E-state index in [1.807, 2.05) is 24.3 Å². The Hall–Kier alpha value is -2.53. The highest BCUT2D eigenvalue weighted by Crippen LogP contribution is 2.27. The van der Waals surface area contributed by atoms with Crippen LogP contribution in [0.2, 0.25) is 0 Å².